The third-order valence-electron chi connectivity index (χ3n) is 3.42. The van der Waals surface area contributed by atoms with Crippen molar-refractivity contribution in [3.8, 4) is 0 Å². The number of amides is 1. The van der Waals surface area contributed by atoms with Crippen LogP contribution in [0.2, 0.25) is 0 Å². The van der Waals surface area contributed by atoms with Crippen LogP contribution in [0.5, 0.6) is 0 Å². The van der Waals surface area contributed by atoms with Crippen molar-refractivity contribution >= 4 is 5.91 Å². The van der Waals surface area contributed by atoms with Gasteiger partial charge in [-0.05, 0) is 31.7 Å². The van der Waals surface area contributed by atoms with E-state index in [2.05, 4.69) is 5.32 Å². The highest BCUT2D eigenvalue weighted by Gasteiger charge is 2.29. The summed E-state index contributed by atoms with van der Waals surface area (Å²) in [7, 11) is 1.87. The van der Waals surface area contributed by atoms with E-state index in [0.717, 1.165) is 45.6 Å². The molecule has 1 unspecified atom stereocenters. The number of carbonyl (C=O) groups excluding carboxylic acids is 1. The van der Waals surface area contributed by atoms with E-state index in [9.17, 15) is 4.79 Å². The van der Waals surface area contributed by atoms with E-state index in [0.29, 0.717) is 5.92 Å². The van der Waals surface area contributed by atoms with Crippen LogP contribution in [0.15, 0.2) is 0 Å². The van der Waals surface area contributed by atoms with Gasteiger partial charge in [0.25, 0.3) is 0 Å². The van der Waals surface area contributed by atoms with Crippen molar-refractivity contribution < 1.29 is 9.53 Å². The number of ether oxygens (including phenoxy) is 1. The van der Waals surface area contributed by atoms with Crippen LogP contribution in [0, 0.1) is 5.92 Å². The molecule has 0 spiro atoms. The first-order chi connectivity index (χ1) is 7.27. The number of hydrogen-bond acceptors (Lipinski definition) is 3. The molecule has 2 aliphatic heterocycles. The summed E-state index contributed by atoms with van der Waals surface area (Å²) < 4.78 is 5.31. The molecule has 4 nitrogen and oxygen atoms in total. The Morgan fingerprint density at radius 3 is 2.73 bits per heavy atom. The van der Waals surface area contributed by atoms with Crippen molar-refractivity contribution in [2.24, 2.45) is 5.92 Å². The summed E-state index contributed by atoms with van der Waals surface area (Å²) in [4.78, 5) is 13.4. The summed E-state index contributed by atoms with van der Waals surface area (Å²) in [5, 5.41) is 3.38. The topological polar surface area (TPSA) is 41.6 Å². The molecule has 0 aromatic rings. The summed E-state index contributed by atoms with van der Waals surface area (Å²) in [6.45, 7) is 3.62. The number of nitrogens with zero attached hydrogens (tertiary/aromatic N) is 1. The maximum absolute atomic E-state index is 11.6. The van der Waals surface area contributed by atoms with Crippen molar-refractivity contribution in [1.29, 1.82) is 0 Å². The molecule has 2 fully saturated rings. The second kappa shape index (κ2) is 4.94. The Bertz CT molecular complexity index is 227. The van der Waals surface area contributed by atoms with Crippen LogP contribution in [-0.4, -0.2) is 50.2 Å². The number of hydrogen-bond donors (Lipinski definition) is 1. The Hall–Kier alpha value is -0.610. The van der Waals surface area contributed by atoms with Crippen molar-refractivity contribution in [3.63, 3.8) is 0 Å². The average molecular weight is 212 g/mol. The van der Waals surface area contributed by atoms with E-state index < -0.39 is 0 Å². The van der Waals surface area contributed by atoms with Crippen molar-refractivity contribution in [2.75, 3.05) is 33.4 Å². The Kier molecular flexibility index (Phi) is 3.59. The van der Waals surface area contributed by atoms with Crippen molar-refractivity contribution in [2.45, 2.75) is 25.3 Å². The molecule has 0 saturated carbocycles. The fourth-order valence-electron chi connectivity index (χ4n) is 2.27. The zero-order valence-electron chi connectivity index (χ0n) is 9.37. The predicted octanol–water partition coefficient (Wildman–Crippen LogP) is 0.233. The van der Waals surface area contributed by atoms with E-state index >= 15 is 0 Å². The number of likely N-dealkylation sites (tertiary alicyclic amines) is 1. The third kappa shape index (κ3) is 2.69. The Labute approximate surface area is 91.0 Å². The molecule has 1 atom stereocenters. The second-order valence-corrected chi connectivity index (χ2v) is 4.57. The van der Waals surface area contributed by atoms with Crippen molar-refractivity contribution in [1.82, 2.24) is 10.2 Å². The van der Waals surface area contributed by atoms with Gasteiger partial charge < -0.3 is 15.0 Å². The minimum atomic E-state index is 0.0674. The van der Waals surface area contributed by atoms with Gasteiger partial charge in [0, 0.05) is 26.8 Å². The van der Waals surface area contributed by atoms with Gasteiger partial charge in [-0.25, -0.2) is 0 Å². The fourth-order valence-corrected chi connectivity index (χ4v) is 2.27. The monoisotopic (exact) mass is 212 g/mol. The standard InChI is InChI=1S/C11H20N2O2/c1-13-5-2-10(11(13)14)12-8-9-3-6-15-7-4-9/h9-10,12H,2-8H2,1H3. The molecule has 0 radical (unpaired) electrons. The van der Waals surface area contributed by atoms with E-state index in [-0.39, 0.29) is 11.9 Å². The molecule has 1 amide bonds. The lowest BCUT2D eigenvalue weighted by Gasteiger charge is -2.23. The lowest BCUT2D eigenvalue weighted by molar-refractivity contribution is -0.128. The molecular formula is C11H20N2O2. The highest BCUT2D eigenvalue weighted by Crippen LogP contribution is 2.15. The quantitative estimate of drug-likeness (QED) is 0.728. The predicted molar refractivity (Wildman–Crippen MR) is 57.6 cm³/mol. The van der Waals surface area contributed by atoms with Crippen LogP contribution in [0.1, 0.15) is 19.3 Å². The van der Waals surface area contributed by atoms with Gasteiger partial charge in [0.15, 0.2) is 0 Å². The number of rotatable bonds is 3. The summed E-state index contributed by atoms with van der Waals surface area (Å²) in [5.74, 6) is 0.944. The molecule has 0 aromatic heterocycles. The summed E-state index contributed by atoms with van der Waals surface area (Å²) >= 11 is 0. The molecule has 2 aliphatic rings. The molecule has 2 heterocycles. The minimum Gasteiger partial charge on any atom is -0.381 e. The number of nitrogens with one attached hydrogen (secondary N) is 1. The summed E-state index contributed by atoms with van der Waals surface area (Å²) in [6.07, 6.45) is 3.21. The van der Waals surface area contributed by atoms with Crippen LogP contribution in [0.25, 0.3) is 0 Å². The van der Waals surface area contributed by atoms with E-state index in [4.69, 9.17) is 4.74 Å². The normalized spacial score (nSPS) is 28.7. The van der Waals surface area contributed by atoms with Gasteiger partial charge in [0.2, 0.25) is 5.91 Å². The average Bonchev–Trinajstić information content (AvgIpc) is 2.59. The van der Waals surface area contributed by atoms with Gasteiger partial charge in [-0.2, -0.15) is 0 Å². The Morgan fingerprint density at radius 1 is 1.40 bits per heavy atom. The molecule has 15 heavy (non-hydrogen) atoms. The van der Waals surface area contributed by atoms with Gasteiger partial charge in [0.05, 0.1) is 6.04 Å². The third-order valence-corrected chi connectivity index (χ3v) is 3.42. The first-order valence-corrected chi connectivity index (χ1v) is 5.83. The number of likely N-dealkylation sites (N-methyl/N-ethyl adjacent to an activating group) is 1. The second-order valence-electron chi connectivity index (χ2n) is 4.57. The van der Waals surface area contributed by atoms with Crippen LogP contribution in [-0.2, 0) is 9.53 Å². The zero-order valence-corrected chi connectivity index (χ0v) is 9.37. The van der Waals surface area contributed by atoms with Crippen LogP contribution >= 0.6 is 0 Å². The number of carbonyl (C=O) groups is 1. The molecule has 86 valence electrons. The lowest BCUT2D eigenvalue weighted by atomic mass is 10.00. The molecule has 2 saturated heterocycles. The van der Waals surface area contributed by atoms with Crippen molar-refractivity contribution in [3.05, 3.63) is 0 Å². The first kappa shape index (κ1) is 10.9. The molecule has 2 rings (SSSR count). The Balaban J connectivity index is 1.71. The maximum atomic E-state index is 11.6. The molecule has 0 aliphatic carbocycles. The smallest absolute Gasteiger partial charge is 0.239 e. The SMILES string of the molecule is CN1CCC(NCC2CCOCC2)C1=O. The molecular weight excluding hydrogens is 192 g/mol. The first-order valence-electron chi connectivity index (χ1n) is 5.83. The van der Waals surface area contributed by atoms with Crippen LogP contribution < -0.4 is 5.32 Å². The summed E-state index contributed by atoms with van der Waals surface area (Å²) in [6, 6.07) is 0.0674. The maximum Gasteiger partial charge on any atom is 0.239 e. The highest BCUT2D eigenvalue weighted by molar-refractivity contribution is 5.83. The largest absolute Gasteiger partial charge is 0.381 e. The van der Waals surface area contributed by atoms with E-state index in [1.165, 1.54) is 0 Å². The highest BCUT2D eigenvalue weighted by atomic mass is 16.5. The van der Waals surface area contributed by atoms with E-state index in [1.807, 2.05) is 11.9 Å². The van der Waals surface area contributed by atoms with Crippen LogP contribution in [0.3, 0.4) is 0 Å². The summed E-state index contributed by atoms with van der Waals surface area (Å²) in [5.41, 5.74) is 0. The van der Waals surface area contributed by atoms with Gasteiger partial charge in [-0.3, -0.25) is 4.79 Å². The molecule has 1 N–H and O–H groups in total. The molecule has 4 heteroatoms. The van der Waals surface area contributed by atoms with Gasteiger partial charge in [-0.1, -0.05) is 0 Å². The molecule has 0 bridgehead atoms. The lowest BCUT2D eigenvalue weighted by Crippen LogP contribution is -2.40. The minimum absolute atomic E-state index is 0.0674. The van der Waals surface area contributed by atoms with Gasteiger partial charge >= 0.3 is 0 Å². The molecule has 0 aromatic carbocycles. The Morgan fingerprint density at radius 2 is 2.13 bits per heavy atom. The van der Waals surface area contributed by atoms with Gasteiger partial charge in [0.1, 0.15) is 0 Å². The fraction of sp³-hybridized carbons (Fsp3) is 0.909. The van der Waals surface area contributed by atoms with Crippen LogP contribution in [0.4, 0.5) is 0 Å². The zero-order chi connectivity index (χ0) is 10.7. The van der Waals surface area contributed by atoms with E-state index in [1.54, 1.807) is 0 Å². The van der Waals surface area contributed by atoms with Gasteiger partial charge in [-0.15, -0.1) is 0 Å².